The minimum Gasteiger partial charge on any atom is -0.508 e. The predicted molar refractivity (Wildman–Crippen MR) is 63.0 cm³/mol. The molecule has 0 bridgehead atoms. The van der Waals surface area contributed by atoms with Crippen LogP contribution in [0, 0.1) is 17.8 Å². The SMILES string of the molecule is NCC1C2CN(Cc3ccccc3O)C(=O)C12. The van der Waals surface area contributed by atoms with Crippen molar-refractivity contribution in [2.75, 3.05) is 13.1 Å². The molecule has 3 rings (SSSR count). The Kier molecular flexibility index (Phi) is 2.33. The quantitative estimate of drug-likeness (QED) is 0.800. The third-order valence-electron chi connectivity index (χ3n) is 3.98. The molecule has 1 aliphatic carbocycles. The van der Waals surface area contributed by atoms with E-state index in [0.29, 0.717) is 24.9 Å². The maximum Gasteiger partial charge on any atom is 0.226 e. The van der Waals surface area contributed by atoms with E-state index in [9.17, 15) is 9.90 Å². The fraction of sp³-hybridized carbons (Fsp3) is 0.462. The Morgan fingerprint density at radius 1 is 1.41 bits per heavy atom. The number of fused-ring (bicyclic) bond motifs is 1. The first-order valence-electron chi connectivity index (χ1n) is 5.98. The summed E-state index contributed by atoms with van der Waals surface area (Å²) in [6.45, 7) is 1.92. The van der Waals surface area contributed by atoms with Crippen LogP contribution in [-0.4, -0.2) is 29.0 Å². The number of hydrogen-bond donors (Lipinski definition) is 2. The number of nitrogens with two attached hydrogens (primary N) is 1. The van der Waals surface area contributed by atoms with Gasteiger partial charge in [0.05, 0.1) is 0 Å². The molecule has 1 aliphatic heterocycles. The number of phenolic OH excluding ortho intramolecular Hbond substituents is 1. The number of carbonyl (C=O) groups excluding carboxylic acids is 1. The molecule has 90 valence electrons. The molecule has 0 radical (unpaired) electrons. The van der Waals surface area contributed by atoms with Gasteiger partial charge in [-0.05, 0) is 24.4 Å². The van der Waals surface area contributed by atoms with Gasteiger partial charge in [0.15, 0.2) is 0 Å². The van der Waals surface area contributed by atoms with E-state index >= 15 is 0 Å². The highest BCUT2D eigenvalue weighted by Crippen LogP contribution is 2.52. The molecule has 1 heterocycles. The monoisotopic (exact) mass is 232 g/mol. The highest BCUT2D eigenvalue weighted by atomic mass is 16.3. The number of rotatable bonds is 3. The molecule has 0 aromatic heterocycles. The number of phenols is 1. The largest absolute Gasteiger partial charge is 0.508 e. The lowest BCUT2D eigenvalue weighted by Gasteiger charge is -2.20. The van der Waals surface area contributed by atoms with Gasteiger partial charge in [-0.2, -0.15) is 0 Å². The van der Waals surface area contributed by atoms with Crippen LogP contribution in [0.2, 0.25) is 0 Å². The molecule has 1 aromatic carbocycles. The van der Waals surface area contributed by atoms with E-state index in [2.05, 4.69) is 0 Å². The van der Waals surface area contributed by atoms with Gasteiger partial charge in [-0.3, -0.25) is 4.79 Å². The van der Waals surface area contributed by atoms with E-state index in [4.69, 9.17) is 5.73 Å². The second-order valence-corrected chi connectivity index (χ2v) is 4.94. The Morgan fingerprint density at radius 2 is 2.18 bits per heavy atom. The van der Waals surface area contributed by atoms with E-state index in [0.717, 1.165) is 12.1 Å². The minimum atomic E-state index is 0.158. The average Bonchev–Trinajstić information content (AvgIpc) is 2.94. The van der Waals surface area contributed by atoms with E-state index in [-0.39, 0.29) is 17.6 Å². The minimum absolute atomic E-state index is 0.158. The number of aromatic hydroxyl groups is 1. The van der Waals surface area contributed by atoms with Crippen LogP contribution >= 0.6 is 0 Å². The van der Waals surface area contributed by atoms with Gasteiger partial charge >= 0.3 is 0 Å². The van der Waals surface area contributed by atoms with Crippen molar-refractivity contribution in [2.45, 2.75) is 6.54 Å². The topological polar surface area (TPSA) is 66.6 Å². The molecule has 1 saturated carbocycles. The van der Waals surface area contributed by atoms with Crippen LogP contribution in [0.1, 0.15) is 5.56 Å². The molecule has 3 unspecified atom stereocenters. The molecule has 0 spiro atoms. The first-order valence-corrected chi connectivity index (χ1v) is 5.98. The number of piperidine rings is 1. The Labute approximate surface area is 100 Å². The Bertz CT molecular complexity index is 460. The lowest BCUT2D eigenvalue weighted by atomic mass is 10.1. The molecule has 1 amide bonds. The van der Waals surface area contributed by atoms with Crippen LogP contribution in [0.15, 0.2) is 24.3 Å². The number of hydrogen-bond acceptors (Lipinski definition) is 3. The highest BCUT2D eigenvalue weighted by Gasteiger charge is 2.60. The average molecular weight is 232 g/mol. The Morgan fingerprint density at radius 3 is 2.76 bits per heavy atom. The summed E-state index contributed by atoms with van der Waals surface area (Å²) >= 11 is 0. The van der Waals surface area contributed by atoms with Gasteiger partial charge in [0, 0.05) is 24.6 Å². The molecule has 2 aliphatic rings. The van der Waals surface area contributed by atoms with Gasteiger partial charge in [-0.1, -0.05) is 18.2 Å². The molecule has 17 heavy (non-hydrogen) atoms. The van der Waals surface area contributed by atoms with Crippen molar-refractivity contribution in [3.05, 3.63) is 29.8 Å². The van der Waals surface area contributed by atoms with Gasteiger partial charge < -0.3 is 15.7 Å². The van der Waals surface area contributed by atoms with Crippen LogP contribution in [0.3, 0.4) is 0 Å². The van der Waals surface area contributed by atoms with Crippen LogP contribution in [-0.2, 0) is 11.3 Å². The number of para-hydroxylation sites is 1. The maximum atomic E-state index is 12.0. The molecule has 4 nitrogen and oxygen atoms in total. The third-order valence-corrected chi connectivity index (χ3v) is 3.98. The Hall–Kier alpha value is -1.55. The van der Waals surface area contributed by atoms with Crippen molar-refractivity contribution in [3.8, 4) is 5.75 Å². The maximum absolute atomic E-state index is 12.0. The van der Waals surface area contributed by atoms with Crippen LogP contribution < -0.4 is 5.73 Å². The molecule has 3 atom stereocenters. The van der Waals surface area contributed by atoms with Gasteiger partial charge in [0.2, 0.25) is 5.91 Å². The number of carbonyl (C=O) groups is 1. The summed E-state index contributed by atoms with van der Waals surface area (Å²) in [5, 5.41) is 9.67. The van der Waals surface area contributed by atoms with Crippen molar-refractivity contribution >= 4 is 5.91 Å². The van der Waals surface area contributed by atoms with E-state index < -0.39 is 0 Å². The van der Waals surface area contributed by atoms with Gasteiger partial charge in [-0.25, -0.2) is 0 Å². The van der Waals surface area contributed by atoms with Crippen molar-refractivity contribution in [1.29, 1.82) is 0 Å². The third kappa shape index (κ3) is 1.60. The fourth-order valence-electron chi connectivity index (χ4n) is 2.93. The molecule has 4 heteroatoms. The van der Waals surface area contributed by atoms with Crippen molar-refractivity contribution in [2.24, 2.45) is 23.5 Å². The molecule has 2 fully saturated rings. The molecule has 1 saturated heterocycles. The predicted octanol–water partition coefficient (Wildman–Crippen LogP) is 0.555. The standard InChI is InChI=1S/C13H16N2O2/c14-5-9-10-7-15(13(17)12(9)10)6-8-3-1-2-4-11(8)16/h1-4,9-10,12,16H,5-7,14H2. The molecule has 1 aromatic rings. The molecular weight excluding hydrogens is 216 g/mol. The number of benzene rings is 1. The summed E-state index contributed by atoms with van der Waals surface area (Å²) in [6.07, 6.45) is 0. The second kappa shape index (κ2) is 3.74. The van der Waals surface area contributed by atoms with Gasteiger partial charge in [-0.15, -0.1) is 0 Å². The van der Waals surface area contributed by atoms with Crippen molar-refractivity contribution in [3.63, 3.8) is 0 Å². The lowest BCUT2D eigenvalue weighted by molar-refractivity contribution is -0.131. The zero-order valence-corrected chi connectivity index (χ0v) is 9.54. The first-order chi connectivity index (χ1) is 8.22. The molecule has 3 N–H and O–H groups in total. The summed E-state index contributed by atoms with van der Waals surface area (Å²) in [5.74, 6) is 1.48. The van der Waals surface area contributed by atoms with Crippen LogP contribution in [0.4, 0.5) is 0 Å². The van der Waals surface area contributed by atoms with Crippen molar-refractivity contribution in [1.82, 2.24) is 4.90 Å². The normalized spacial score (nSPS) is 30.5. The zero-order valence-electron chi connectivity index (χ0n) is 9.54. The highest BCUT2D eigenvalue weighted by molar-refractivity contribution is 5.85. The van der Waals surface area contributed by atoms with Gasteiger partial charge in [0.1, 0.15) is 5.75 Å². The van der Waals surface area contributed by atoms with E-state index in [1.165, 1.54) is 0 Å². The lowest BCUT2D eigenvalue weighted by Crippen LogP contribution is -2.30. The van der Waals surface area contributed by atoms with Crippen LogP contribution in [0.25, 0.3) is 0 Å². The summed E-state index contributed by atoms with van der Waals surface area (Å²) in [4.78, 5) is 13.9. The summed E-state index contributed by atoms with van der Waals surface area (Å²) < 4.78 is 0. The smallest absolute Gasteiger partial charge is 0.226 e. The molecular formula is C13H16N2O2. The van der Waals surface area contributed by atoms with Crippen LogP contribution in [0.5, 0.6) is 5.75 Å². The fourth-order valence-corrected chi connectivity index (χ4v) is 2.93. The number of likely N-dealkylation sites (tertiary alicyclic amines) is 1. The Balaban J connectivity index is 1.69. The van der Waals surface area contributed by atoms with Crippen molar-refractivity contribution < 1.29 is 9.90 Å². The number of amides is 1. The van der Waals surface area contributed by atoms with E-state index in [1.54, 1.807) is 12.1 Å². The van der Waals surface area contributed by atoms with Gasteiger partial charge in [0.25, 0.3) is 0 Å². The van der Waals surface area contributed by atoms with E-state index in [1.807, 2.05) is 17.0 Å². The first kappa shape index (κ1) is 10.6. The summed E-state index contributed by atoms with van der Waals surface area (Å²) in [6, 6.07) is 7.16. The second-order valence-electron chi connectivity index (χ2n) is 4.94. The zero-order chi connectivity index (χ0) is 12.0. The number of nitrogens with zero attached hydrogens (tertiary/aromatic N) is 1. The summed E-state index contributed by atoms with van der Waals surface area (Å²) in [7, 11) is 0. The summed E-state index contributed by atoms with van der Waals surface area (Å²) in [5.41, 5.74) is 6.41.